The predicted octanol–water partition coefficient (Wildman–Crippen LogP) is -1.11. The number of aliphatic hydroxyl groups excluding tert-OH is 1. The maximum Gasteiger partial charge on any atom is 0.640 e. The quantitative estimate of drug-likeness (QED) is 0.288. The summed E-state index contributed by atoms with van der Waals surface area (Å²) in [6.07, 6.45) is -7.20. The molecule has 1 saturated heterocycles. The summed E-state index contributed by atoms with van der Waals surface area (Å²) in [5, 5.41) is 8.97. The Kier molecular flexibility index (Phi) is 7.86. The van der Waals surface area contributed by atoms with Gasteiger partial charge in [0.25, 0.3) is 10.1 Å². The largest absolute Gasteiger partial charge is 0.640 e. The molecule has 23 heavy (non-hydrogen) atoms. The van der Waals surface area contributed by atoms with Gasteiger partial charge in [-0.1, -0.05) is 0 Å². The minimum absolute atomic E-state index is 0.437. The van der Waals surface area contributed by atoms with Gasteiger partial charge in [-0.25, -0.2) is 4.21 Å². The first-order valence-electron chi connectivity index (χ1n) is 6.05. The van der Waals surface area contributed by atoms with E-state index in [2.05, 4.69) is 8.84 Å². The molecular formula is C8H14BF3O9S2. The molecule has 0 aromatic heterocycles. The van der Waals surface area contributed by atoms with Crippen LogP contribution in [0.3, 0.4) is 0 Å². The lowest BCUT2D eigenvalue weighted by atomic mass is 10.2. The van der Waals surface area contributed by atoms with Gasteiger partial charge >= 0.3 is 13.5 Å². The van der Waals surface area contributed by atoms with Crippen LogP contribution < -0.4 is 0 Å². The molecule has 0 aromatic carbocycles. The third-order valence-electron chi connectivity index (χ3n) is 2.35. The van der Waals surface area contributed by atoms with Crippen LogP contribution in [0.5, 0.6) is 0 Å². The fourth-order valence-electron chi connectivity index (χ4n) is 1.46. The van der Waals surface area contributed by atoms with Crippen LogP contribution in [0.4, 0.5) is 13.2 Å². The molecule has 0 radical (unpaired) electrons. The summed E-state index contributed by atoms with van der Waals surface area (Å²) in [5.41, 5.74) is 0. The molecule has 15 heteroatoms. The van der Waals surface area contributed by atoms with Gasteiger partial charge in [0, 0.05) is 0 Å². The molecule has 1 rings (SSSR count). The van der Waals surface area contributed by atoms with Gasteiger partial charge in [0.2, 0.25) is 0 Å². The molecule has 0 aliphatic carbocycles. The van der Waals surface area contributed by atoms with Crippen molar-refractivity contribution in [2.45, 2.75) is 18.4 Å². The van der Waals surface area contributed by atoms with Gasteiger partial charge in [-0.3, -0.25) is 4.18 Å². The SMILES string of the molecule is O=S(O)CC(CO)OB(OCC(F)(F)F)OC1COS(=O)(=O)C1. The highest BCUT2D eigenvalue weighted by Gasteiger charge is 2.39. The summed E-state index contributed by atoms with van der Waals surface area (Å²) >= 11 is -2.39. The van der Waals surface area contributed by atoms with Gasteiger partial charge in [0.15, 0.2) is 11.1 Å². The molecule has 2 N–H and O–H groups in total. The molecule has 3 unspecified atom stereocenters. The number of hydrogen-bond donors (Lipinski definition) is 2. The van der Waals surface area contributed by atoms with Gasteiger partial charge in [-0.05, 0) is 0 Å². The van der Waals surface area contributed by atoms with E-state index in [0.717, 1.165) is 0 Å². The lowest BCUT2D eigenvalue weighted by molar-refractivity contribution is -0.163. The first-order valence-corrected chi connectivity index (χ1v) is 8.91. The minimum Gasteiger partial charge on any atom is -0.394 e. The second kappa shape index (κ2) is 8.71. The number of rotatable bonds is 9. The van der Waals surface area contributed by atoms with Crippen LogP contribution in [0.15, 0.2) is 0 Å². The van der Waals surface area contributed by atoms with Crippen molar-refractivity contribution in [3.8, 4) is 0 Å². The van der Waals surface area contributed by atoms with E-state index in [4.69, 9.17) is 19.0 Å². The van der Waals surface area contributed by atoms with Crippen LogP contribution in [0.2, 0.25) is 0 Å². The molecule has 1 aliphatic heterocycles. The van der Waals surface area contributed by atoms with Crippen molar-refractivity contribution in [2.75, 3.05) is 31.3 Å². The summed E-state index contributed by atoms with van der Waals surface area (Å²) in [6, 6.07) is 0. The van der Waals surface area contributed by atoms with E-state index in [1.807, 2.05) is 0 Å². The second-order valence-electron chi connectivity index (χ2n) is 4.41. The molecule has 0 spiro atoms. The van der Waals surface area contributed by atoms with Crippen molar-refractivity contribution in [2.24, 2.45) is 0 Å². The molecule has 1 heterocycles. The first-order chi connectivity index (χ1) is 10.5. The normalized spacial score (nSPS) is 23.6. The van der Waals surface area contributed by atoms with Gasteiger partial charge in [0.05, 0.1) is 31.2 Å². The Morgan fingerprint density at radius 3 is 2.52 bits per heavy atom. The smallest absolute Gasteiger partial charge is 0.394 e. The van der Waals surface area contributed by atoms with Crippen LogP contribution >= 0.6 is 0 Å². The molecule has 0 bridgehead atoms. The third-order valence-corrected chi connectivity index (χ3v) is 4.28. The Morgan fingerprint density at radius 2 is 2.09 bits per heavy atom. The monoisotopic (exact) mass is 386 g/mol. The van der Waals surface area contributed by atoms with Crippen molar-refractivity contribution in [3.05, 3.63) is 0 Å². The van der Waals surface area contributed by atoms with E-state index in [-0.39, 0.29) is 0 Å². The highest BCUT2D eigenvalue weighted by Crippen LogP contribution is 2.18. The molecular weight excluding hydrogens is 372 g/mol. The van der Waals surface area contributed by atoms with E-state index < -0.39 is 78.2 Å². The minimum atomic E-state index is -4.71. The van der Waals surface area contributed by atoms with Gasteiger partial charge in [-0.15, -0.1) is 0 Å². The van der Waals surface area contributed by atoms with Crippen LogP contribution in [0.25, 0.3) is 0 Å². The third kappa shape index (κ3) is 8.95. The van der Waals surface area contributed by atoms with Crippen molar-refractivity contribution in [1.82, 2.24) is 0 Å². The van der Waals surface area contributed by atoms with E-state index in [0.29, 0.717) is 0 Å². The molecule has 136 valence electrons. The van der Waals surface area contributed by atoms with E-state index in [1.54, 1.807) is 0 Å². The summed E-state index contributed by atoms with van der Waals surface area (Å²) in [5.74, 6) is -1.22. The topological polar surface area (TPSA) is 129 Å². The summed E-state index contributed by atoms with van der Waals surface area (Å²) < 4.78 is 96.6. The number of hydrogen-bond acceptors (Lipinski definition) is 8. The molecule has 9 nitrogen and oxygen atoms in total. The number of halogens is 3. The summed E-state index contributed by atoms with van der Waals surface area (Å²) in [7, 11) is -5.83. The second-order valence-corrected chi connectivity index (χ2v) is 7.07. The Bertz CT molecular complexity index is 500. The highest BCUT2D eigenvalue weighted by molar-refractivity contribution is 7.87. The fourth-order valence-corrected chi connectivity index (χ4v) is 3.05. The number of alkyl halides is 3. The molecule has 3 atom stereocenters. The zero-order valence-electron chi connectivity index (χ0n) is 11.5. The summed E-state index contributed by atoms with van der Waals surface area (Å²) in [6.45, 7) is -2.99. The molecule has 0 saturated carbocycles. The Balaban J connectivity index is 2.66. The van der Waals surface area contributed by atoms with Crippen molar-refractivity contribution >= 4 is 28.5 Å². The maximum atomic E-state index is 12.2. The molecule has 0 aromatic rings. The highest BCUT2D eigenvalue weighted by atomic mass is 32.2. The Morgan fingerprint density at radius 1 is 1.43 bits per heavy atom. The van der Waals surface area contributed by atoms with Crippen molar-refractivity contribution < 1.29 is 53.6 Å². The van der Waals surface area contributed by atoms with E-state index >= 15 is 0 Å². The average molecular weight is 386 g/mol. The number of aliphatic hydroxyl groups is 1. The van der Waals surface area contributed by atoms with Crippen LogP contribution in [-0.2, 0) is 39.3 Å². The Labute approximate surface area is 132 Å². The molecule has 1 fully saturated rings. The lowest BCUT2D eigenvalue weighted by Crippen LogP contribution is -2.41. The van der Waals surface area contributed by atoms with Crippen LogP contribution in [-0.4, -0.2) is 79.3 Å². The zero-order chi connectivity index (χ0) is 17.7. The van der Waals surface area contributed by atoms with Crippen molar-refractivity contribution in [3.63, 3.8) is 0 Å². The van der Waals surface area contributed by atoms with Gasteiger partial charge in [-0.2, -0.15) is 21.6 Å². The zero-order valence-corrected chi connectivity index (χ0v) is 13.1. The fraction of sp³-hybridized carbons (Fsp3) is 1.00. The van der Waals surface area contributed by atoms with Crippen LogP contribution in [0, 0.1) is 0 Å². The van der Waals surface area contributed by atoms with Gasteiger partial charge < -0.3 is 23.6 Å². The van der Waals surface area contributed by atoms with Gasteiger partial charge in [0.1, 0.15) is 12.4 Å². The van der Waals surface area contributed by atoms with E-state index in [9.17, 15) is 25.8 Å². The molecule has 1 aliphatic rings. The summed E-state index contributed by atoms with van der Waals surface area (Å²) in [4.78, 5) is 0. The van der Waals surface area contributed by atoms with Crippen LogP contribution in [0.1, 0.15) is 0 Å². The lowest BCUT2D eigenvalue weighted by Gasteiger charge is -2.22. The van der Waals surface area contributed by atoms with E-state index in [1.165, 1.54) is 0 Å². The first kappa shape index (κ1) is 20.8. The predicted molar refractivity (Wildman–Crippen MR) is 70.0 cm³/mol. The maximum absolute atomic E-state index is 12.2. The van der Waals surface area contributed by atoms with Crippen molar-refractivity contribution in [1.29, 1.82) is 0 Å². The average Bonchev–Trinajstić information content (AvgIpc) is 2.73. The molecule has 0 amide bonds. The standard InChI is InChI=1S/C8H14BF3O9S2/c10-8(11,12)5-18-9(20-6(1-13)3-22(14)15)21-7-2-19-23(16,17)4-7/h6-7,13H,1-5H2,(H,14,15). The Hall–Kier alpha value is -0.285.